The molecule has 0 spiro atoms. The number of likely N-dealkylation sites (tertiary alicyclic amines) is 1. The minimum absolute atomic E-state index is 0.0520. The van der Waals surface area contributed by atoms with Gasteiger partial charge >= 0.3 is 0 Å². The summed E-state index contributed by atoms with van der Waals surface area (Å²) in [6, 6.07) is 13.4. The summed E-state index contributed by atoms with van der Waals surface area (Å²) >= 11 is 0. The number of fused-ring (bicyclic) bond motifs is 2. The standard InChI is InChI=1S/C36H39N5O7/c1-21-18-28(38-48-21)36(46)39-16-15-23(19-39)47-30-13-7-8-22-14-17-40(33(43)25-10-4-3-9-24(25)32(42)37-2)29(31(22)30)20-41-34(44)26-11-5-6-12-27(26)35(41)45/h5-8,11-13,18,23-25,29H,3-4,9-10,14-17,19-20H2,1-2H3,(H,37,42)/t23?,24?,25?,29-/m1/s1. The van der Waals surface area contributed by atoms with Crippen LogP contribution in [0.4, 0.5) is 0 Å². The van der Waals surface area contributed by atoms with Gasteiger partial charge in [-0.2, -0.15) is 0 Å². The van der Waals surface area contributed by atoms with Crippen LogP contribution >= 0.6 is 0 Å². The van der Waals surface area contributed by atoms with E-state index in [1.165, 1.54) is 4.90 Å². The molecule has 0 bridgehead atoms. The molecule has 12 nitrogen and oxygen atoms in total. The molecule has 3 aromatic rings. The van der Waals surface area contributed by atoms with Crippen LogP contribution in [-0.2, 0) is 16.0 Å². The molecule has 5 amide bonds. The number of benzene rings is 2. The molecule has 2 aromatic carbocycles. The SMILES string of the molecule is CNC(=O)C1CCCCC1C(=O)N1CCc2cccc(OC3CCN(C(=O)c4cc(C)on4)C3)c2[C@H]1CN1C(=O)c2ccccc2C1=O. The number of amides is 5. The van der Waals surface area contributed by atoms with Gasteiger partial charge < -0.3 is 24.4 Å². The van der Waals surface area contributed by atoms with Crippen molar-refractivity contribution in [2.24, 2.45) is 11.8 Å². The van der Waals surface area contributed by atoms with E-state index in [4.69, 9.17) is 9.26 Å². The molecule has 4 aliphatic rings. The van der Waals surface area contributed by atoms with Crippen LogP contribution in [0.15, 0.2) is 53.1 Å². The largest absolute Gasteiger partial charge is 0.488 e. The van der Waals surface area contributed by atoms with Gasteiger partial charge in [-0.15, -0.1) is 0 Å². The van der Waals surface area contributed by atoms with Crippen molar-refractivity contribution in [3.63, 3.8) is 0 Å². The first-order valence-corrected chi connectivity index (χ1v) is 16.7. The molecule has 1 saturated heterocycles. The zero-order valence-corrected chi connectivity index (χ0v) is 27.1. The summed E-state index contributed by atoms with van der Waals surface area (Å²) in [5.41, 5.74) is 2.64. The van der Waals surface area contributed by atoms with Gasteiger partial charge in [-0.25, -0.2) is 0 Å². The zero-order chi connectivity index (χ0) is 33.5. The summed E-state index contributed by atoms with van der Waals surface area (Å²) in [7, 11) is 1.59. The van der Waals surface area contributed by atoms with E-state index in [9.17, 15) is 24.0 Å². The summed E-state index contributed by atoms with van der Waals surface area (Å²) in [4.78, 5) is 72.4. The van der Waals surface area contributed by atoms with Gasteiger partial charge in [-0.05, 0) is 49.9 Å². The van der Waals surface area contributed by atoms with E-state index in [2.05, 4.69) is 10.5 Å². The van der Waals surface area contributed by atoms with E-state index >= 15 is 0 Å². The van der Waals surface area contributed by atoms with E-state index in [0.717, 1.165) is 24.0 Å². The number of aromatic nitrogens is 1. The highest BCUT2D eigenvalue weighted by molar-refractivity contribution is 6.21. The second-order valence-corrected chi connectivity index (χ2v) is 13.1. The van der Waals surface area contributed by atoms with Gasteiger partial charge in [0.05, 0.1) is 30.3 Å². The fourth-order valence-electron chi connectivity index (χ4n) is 7.83. The van der Waals surface area contributed by atoms with Crippen LogP contribution < -0.4 is 10.1 Å². The summed E-state index contributed by atoms with van der Waals surface area (Å²) in [5, 5.41) is 6.61. The Balaban J connectivity index is 1.21. The number of imide groups is 1. The van der Waals surface area contributed by atoms with E-state index < -0.39 is 29.7 Å². The lowest BCUT2D eigenvalue weighted by Crippen LogP contribution is -2.51. The number of hydrogen-bond acceptors (Lipinski definition) is 8. The Morgan fingerprint density at radius 1 is 0.958 bits per heavy atom. The van der Waals surface area contributed by atoms with Crippen molar-refractivity contribution < 1.29 is 33.2 Å². The predicted molar refractivity (Wildman–Crippen MR) is 172 cm³/mol. The van der Waals surface area contributed by atoms with Gasteiger partial charge in [0.1, 0.15) is 17.6 Å². The Hall–Kier alpha value is -5.00. The molecule has 48 heavy (non-hydrogen) atoms. The Kier molecular flexibility index (Phi) is 8.49. The average molecular weight is 654 g/mol. The number of aryl methyl sites for hydroxylation is 1. The Morgan fingerprint density at radius 3 is 2.38 bits per heavy atom. The van der Waals surface area contributed by atoms with Crippen molar-refractivity contribution in [3.05, 3.63) is 82.2 Å². The van der Waals surface area contributed by atoms with Gasteiger partial charge in [0, 0.05) is 50.0 Å². The van der Waals surface area contributed by atoms with Crippen LogP contribution in [0.1, 0.15) is 86.2 Å². The number of carbonyl (C=O) groups is 5. The highest BCUT2D eigenvalue weighted by Crippen LogP contribution is 2.42. The normalized spacial score (nSPS) is 23.6. The van der Waals surface area contributed by atoms with Crippen LogP contribution in [0.5, 0.6) is 5.75 Å². The third-order valence-electron chi connectivity index (χ3n) is 10.2. The van der Waals surface area contributed by atoms with Crippen molar-refractivity contribution in [1.29, 1.82) is 0 Å². The number of nitrogens with zero attached hydrogens (tertiary/aromatic N) is 4. The molecule has 7 rings (SSSR count). The first-order chi connectivity index (χ1) is 23.2. The zero-order valence-electron chi connectivity index (χ0n) is 27.1. The fraction of sp³-hybridized carbons (Fsp3) is 0.444. The fourth-order valence-corrected chi connectivity index (χ4v) is 7.83. The summed E-state index contributed by atoms with van der Waals surface area (Å²) in [6.07, 6.45) is 3.76. The molecule has 1 aromatic heterocycles. The number of ether oxygens (including phenoxy) is 1. The van der Waals surface area contributed by atoms with Crippen molar-refractivity contribution in [3.8, 4) is 5.75 Å². The van der Waals surface area contributed by atoms with Gasteiger partial charge in [0.15, 0.2) is 5.69 Å². The summed E-state index contributed by atoms with van der Waals surface area (Å²) in [5.74, 6) is -1.17. The smallest absolute Gasteiger partial charge is 0.276 e. The monoisotopic (exact) mass is 653 g/mol. The van der Waals surface area contributed by atoms with Crippen molar-refractivity contribution in [2.75, 3.05) is 33.2 Å². The third kappa shape index (κ3) is 5.62. The van der Waals surface area contributed by atoms with Crippen LogP contribution in [-0.4, -0.2) is 88.7 Å². The first-order valence-electron chi connectivity index (χ1n) is 16.7. The van der Waals surface area contributed by atoms with E-state index in [1.54, 1.807) is 54.1 Å². The molecule has 1 N–H and O–H groups in total. The lowest BCUT2D eigenvalue weighted by molar-refractivity contribution is -0.146. The van der Waals surface area contributed by atoms with Crippen LogP contribution in [0.2, 0.25) is 0 Å². The molecule has 4 atom stereocenters. The van der Waals surface area contributed by atoms with Crippen LogP contribution in [0.3, 0.4) is 0 Å². The van der Waals surface area contributed by atoms with E-state index in [0.29, 0.717) is 68.0 Å². The molecule has 1 aliphatic carbocycles. The minimum atomic E-state index is -0.691. The van der Waals surface area contributed by atoms with Crippen molar-refractivity contribution >= 4 is 29.5 Å². The summed E-state index contributed by atoms with van der Waals surface area (Å²) < 4.78 is 11.7. The maximum absolute atomic E-state index is 14.5. The minimum Gasteiger partial charge on any atom is -0.488 e. The number of nitrogens with one attached hydrogen (secondary N) is 1. The molecular formula is C36H39N5O7. The van der Waals surface area contributed by atoms with Gasteiger partial charge in [0.2, 0.25) is 11.8 Å². The lowest BCUT2D eigenvalue weighted by atomic mass is 9.77. The molecule has 250 valence electrons. The van der Waals surface area contributed by atoms with Gasteiger partial charge in [-0.3, -0.25) is 28.9 Å². The van der Waals surface area contributed by atoms with E-state index in [-0.39, 0.29) is 36.1 Å². The maximum atomic E-state index is 14.5. The maximum Gasteiger partial charge on any atom is 0.276 e. The molecule has 2 fully saturated rings. The predicted octanol–water partition coefficient (Wildman–Crippen LogP) is 3.55. The molecule has 1 saturated carbocycles. The Bertz CT molecular complexity index is 1750. The van der Waals surface area contributed by atoms with E-state index in [1.807, 2.05) is 18.2 Å². The van der Waals surface area contributed by atoms with Crippen LogP contribution in [0, 0.1) is 18.8 Å². The number of hydrogen-bond donors (Lipinski definition) is 1. The molecule has 4 heterocycles. The van der Waals surface area contributed by atoms with Gasteiger partial charge in [0.25, 0.3) is 17.7 Å². The van der Waals surface area contributed by atoms with Crippen molar-refractivity contribution in [1.82, 2.24) is 25.2 Å². The number of carbonyl (C=O) groups excluding carboxylic acids is 5. The molecule has 3 aliphatic heterocycles. The Morgan fingerprint density at radius 2 is 1.69 bits per heavy atom. The quantitative estimate of drug-likeness (QED) is 0.382. The molecular weight excluding hydrogens is 614 g/mol. The topological polar surface area (TPSA) is 142 Å². The molecule has 12 heteroatoms. The average Bonchev–Trinajstić information content (AvgIpc) is 3.83. The highest BCUT2D eigenvalue weighted by Gasteiger charge is 2.45. The third-order valence-corrected chi connectivity index (χ3v) is 10.2. The molecule has 3 unspecified atom stereocenters. The second-order valence-electron chi connectivity index (χ2n) is 13.1. The van der Waals surface area contributed by atoms with Crippen molar-refractivity contribution in [2.45, 2.75) is 57.6 Å². The first kappa shape index (κ1) is 31.6. The molecule has 0 radical (unpaired) electrons. The Labute approximate surface area is 278 Å². The highest BCUT2D eigenvalue weighted by atomic mass is 16.5. The number of rotatable bonds is 7. The lowest BCUT2D eigenvalue weighted by Gasteiger charge is -2.43. The van der Waals surface area contributed by atoms with Crippen LogP contribution in [0.25, 0.3) is 0 Å². The second kappa shape index (κ2) is 12.9. The van der Waals surface area contributed by atoms with Gasteiger partial charge in [-0.1, -0.05) is 42.3 Å². The summed E-state index contributed by atoms with van der Waals surface area (Å²) in [6.45, 7) is 2.89.